The number of carbonyl (C=O) groups excluding carboxylic acids is 1. The van der Waals surface area contributed by atoms with Gasteiger partial charge in [-0.25, -0.2) is 4.68 Å². The largest absolute Gasteiger partial charge is 0.418 e. The average molecular weight is 352 g/mol. The Morgan fingerprint density at radius 1 is 1.12 bits per heavy atom. The molecule has 1 N–H and O–H groups in total. The lowest BCUT2D eigenvalue weighted by molar-refractivity contribution is -0.137. The van der Waals surface area contributed by atoms with Crippen LogP contribution in [-0.2, 0) is 6.18 Å². The number of hydrogen-bond donors (Lipinski definition) is 1. The fraction of sp³-hybridized carbons (Fsp3) is 0.471. The first-order valence-corrected chi connectivity index (χ1v) is 8.35. The molecular formula is C17H19F3N4O. The van der Waals surface area contributed by atoms with Gasteiger partial charge in [-0.15, -0.1) is 5.10 Å². The van der Waals surface area contributed by atoms with Gasteiger partial charge in [-0.05, 0) is 25.0 Å². The highest BCUT2D eigenvalue weighted by Gasteiger charge is 2.34. The van der Waals surface area contributed by atoms with Crippen LogP contribution in [0.15, 0.2) is 30.5 Å². The quantitative estimate of drug-likeness (QED) is 0.856. The molecule has 0 saturated heterocycles. The van der Waals surface area contributed by atoms with Gasteiger partial charge in [-0.2, -0.15) is 13.2 Å². The molecule has 0 aliphatic heterocycles. The molecule has 1 fully saturated rings. The van der Waals surface area contributed by atoms with Gasteiger partial charge in [0, 0.05) is 6.04 Å². The monoisotopic (exact) mass is 352 g/mol. The summed E-state index contributed by atoms with van der Waals surface area (Å²) >= 11 is 0. The fourth-order valence-corrected chi connectivity index (χ4v) is 3.08. The molecule has 0 spiro atoms. The lowest BCUT2D eigenvalue weighted by Crippen LogP contribution is -2.34. The lowest BCUT2D eigenvalue weighted by Gasteiger charge is -2.14. The van der Waals surface area contributed by atoms with Crippen LogP contribution in [0.3, 0.4) is 0 Å². The zero-order valence-electron chi connectivity index (χ0n) is 13.6. The van der Waals surface area contributed by atoms with Gasteiger partial charge >= 0.3 is 6.18 Å². The van der Waals surface area contributed by atoms with Crippen molar-refractivity contribution in [3.8, 4) is 5.69 Å². The Kier molecular flexibility index (Phi) is 5.06. The minimum absolute atomic E-state index is 0.0150. The highest BCUT2D eigenvalue weighted by Crippen LogP contribution is 2.33. The highest BCUT2D eigenvalue weighted by molar-refractivity contribution is 5.92. The summed E-state index contributed by atoms with van der Waals surface area (Å²) in [6.07, 6.45) is 3.01. The summed E-state index contributed by atoms with van der Waals surface area (Å²) in [5, 5.41) is 10.3. The number of nitrogens with one attached hydrogen (secondary N) is 1. The van der Waals surface area contributed by atoms with E-state index in [4.69, 9.17) is 0 Å². The Morgan fingerprint density at radius 3 is 2.48 bits per heavy atom. The molecule has 1 heterocycles. The van der Waals surface area contributed by atoms with Gasteiger partial charge in [0.2, 0.25) is 0 Å². The molecule has 0 atom stereocenters. The molecule has 1 aliphatic rings. The van der Waals surface area contributed by atoms with Gasteiger partial charge < -0.3 is 5.32 Å². The van der Waals surface area contributed by atoms with Crippen LogP contribution < -0.4 is 5.32 Å². The van der Waals surface area contributed by atoms with Crippen LogP contribution in [0, 0.1) is 0 Å². The number of alkyl halides is 3. The molecule has 1 aliphatic carbocycles. The number of benzene rings is 1. The summed E-state index contributed by atoms with van der Waals surface area (Å²) in [5.41, 5.74) is -0.965. The summed E-state index contributed by atoms with van der Waals surface area (Å²) in [6.45, 7) is 0. The third kappa shape index (κ3) is 4.18. The number of para-hydroxylation sites is 1. The number of aromatic nitrogens is 3. The second kappa shape index (κ2) is 7.25. The normalized spacial score (nSPS) is 16.4. The maximum Gasteiger partial charge on any atom is 0.418 e. The zero-order valence-corrected chi connectivity index (χ0v) is 13.6. The average Bonchev–Trinajstić information content (AvgIpc) is 2.93. The van der Waals surface area contributed by atoms with Crippen molar-refractivity contribution in [2.75, 3.05) is 0 Å². The lowest BCUT2D eigenvalue weighted by atomic mass is 10.1. The van der Waals surface area contributed by atoms with E-state index in [2.05, 4.69) is 15.6 Å². The molecule has 1 amide bonds. The van der Waals surface area contributed by atoms with Gasteiger partial charge in [0.05, 0.1) is 17.4 Å². The molecule has 0 bridgehead atoms. The van der Waals surface area contributed by atoms with E-state index in [9.17, 15) is 18.0 Å². The number of hydrogen-bond acceptors (Lipinski definition) is 3. The van der Waals surface area contributed by atoms with E-state index < -0.39 is 17.6 Å². The second-order valence-corrected chi connectivity index (χ2v) is 6.23. The Labute approximate surface area is 143 Å². The number of carbonyl (C=O) groups is 1. The van der Waals surface area contributed by atoms with Crippen molar-refractivity contribution in [3.63, 3.8) is 0 Å². The predicted molar refractivity (Wildman–Crippen MR) is 85.3 cm³/mol. The Morgan fingerprint density at radius 2 is 1.80 bits per heavy atom. The van der Waals surface area contributed by atoms with E-state index in [0.717, 1.165) is 49.3 Å². The van der Waals surface area contributed by atoms with Gasteiger partial charge in [0.1, 0.15) is 0 Å². The Balaban J connectivity index is 1.77. The minimum Gasteiger partial charge on any atom is -0.348 e. The molecule has 0 radical (unpaired) electrons. The molecule has 1 saturated carbocycles. The van der Waals surface area contributed by atoms with E-state index >= 15 is 0 Å². The van der Waals surface area contributed by atoms with Crippen LogP contribution in [0.1, 0.15) is 54.6 Å². The van der Waals surface area contributed by atoms with Crippen molar-refractivity contribution < 1.29 is 18.0 Å². The SMILES string of the molecule is O=C(NC1CCCCCC1)c1cn(-c2ccccc2C(F)(F)F)nn1. The fourth-order valence-electron chi connectivity index (χ4n) is 3.08. The summed E-state index contributed by atoms with van der Waals surface area (Å²) in [4.78, 5) is 12.3. The van der Waals surface area contributed by atoms with Crippen LogP contribution in [0.25, 0.3) is 5.69 Å². The number of amides is 1. The topological polar surface area (TPSA) is 59.8 Å². The van der Waals surface area contributed by atoms with Gasteiger partial charge in [-0.3, -0.25) is 4.79 Å². The molecule has 3 rings (SSSR count). The first-order chi connectivity index (χ1) is 11.9. The van der Waals surface area contributed by atoms with E-state index in [-0.39, 0.29) is 17.4 Å². The summed E-state index contributed by atoms with van der Waals surface area (Å²) in [5.74, 6) is -0.400. The molecular weight excluding hydrogens is 333 g/mol. The minimum atomic E-state index is -4.51. The van der Waals surface area contributed by atoms with Crippen molar-refractivity contribution in [1.29, 1.82) is 0 Å². The van der Waals surface area contributed by atoms with E-state index in [1.165, 1.54) is 24.4 Å². The van der Waals surface area contributed by atoms with E-state index in [1.807, 2.05) is 0 Å². The predicted octanol–water partition coefficient (Wildman–Crippen LogP) is 3.74. The first kappa shape index (κ1) is 17.4. The molecule has 0 unspecified atom stereocenters. The number of rotatable bonds is 3. The number of nitrogens with zero attached hydrogens (tertiary/aromatic N) is 3. The van der Waals surface area contributed by atoms with E-state index in [1.54, 1.807) is 0 Å². The molecule has 134 valence electrons. The van der Waals surface area contributed by atoms with Crippen LogP contribution >= 0.6 is 0 Å². The first-order valence-electron chi connectivity index (χ1n) is 8.35. The van der Waals surface area contributed by atoms with Crippen molar-refractivity contribution in [2.45, 2.75) is 50.7 Å². The van der Waals surface area contributed by atoms with Gasteiger partial charge in [0.25, 0.3) is 5.91 Å². The zero-order chi connectivity index (χ0) is 17.9. The summed E-state index contributed by atoms with van der Waals surface area (Å²) in [7, 11) is 0. The molecule has 5 nitrogen and oxygen atoms in total. The van der Waals surface area contributed by atoms with Crippen LogP contribution in [0.5, 0.6) is 0 Å². The van der Waals surface area contributed by atoms with Crippen molar-refractivity contribution in [3.05, 3.63) is 41.7 Å². The van der Waals surface area contributed by atoms with Crippen LogP contribution in [-0.4, -0.2) is 26.9 Å². The molecule has 2 aromatic rings. The maximum absolute atomic E-state index is 13.1. The van der Waals surface area contributed by atoms with Crippen LogP contribution in [0.2, 0.25) is 0 Å². The smallest absolute Gasteiger partial charge is 0.348 e. The van der Waals surface area contributed by atoms with Gasteiger partial charge in [0.15, 0.2) is 5.69 Å². The molecule has 25 heavy (non-hydrogen) atoms. The van der Waals surface area contributed by atoms with Crippen molar-refractivity contribution in [1.82, 2.24) is 20.3 Å². The second-order valence-electron chi connectivity index (χ2n) is 6.23. The molecule has 8 heteroatoms. The van der Waals surface area contributed by atoms with Crippen molar-refractivity contribution in [2.24, 2.45) is 0 Å². The maximum atomic E-state index is 13.1. The van der Waals surface area contributed by atoms with Crippen LogP contribution in [0.4, 0.5) is 13.2 Å². The van der Waals surface area contributed by atoms with E-state index in [0.29, 0.717) is 0 Å². The molecule has 1 aromatic heterocycles. The number of halogens is 3. The van der Waals surface area contributed by atoms with Gasteiger partial charge in [-0.1, -0.05) is 43.0 Å². The summed E-state index contributed by atoms with van der Waals surface area (Å²) in [6, 6.07) is 5.15. The van der Waals surface area contributed by atoms with Crippen molar-refractivity contribution >= 4 is 5.91 Å². The third-order valence-corrected chi connectivity index (χ3v) is 4.37. The molecule has 1 aromatic carbocycles. The Bertz CT molecular complexity index is 733. The Hall–Kier alpha value is -2.38. The standard InChI is InChI=1S/C17H19F3N4O/c18-17(19,20)13-9-5-6-10-15(13)24-11-14(22-23-24)16(25)21-12-7-3-1-2-4-8-12/h5-6,9-12H,1-4,7-8H2,(H,21,25). The highest BCUT2D eigenvalue weighted by atomic mass is 19.4. The summed E-state index contributed by atoms with van der Waals surface area (Å²) < 4.78 is 40.3. The third-order valence-electron chi connectivity index (χ3n) is 4.37.